The largest absolute Gasteiger partial charge is 0.497 e. The SMILES string of the molecule is CCCCN(c1cc(OC)cc(OCCO)c1)c1ccc2ncc(-c3cnn(C)c3)nc2c1.COc1cc(OC)cc(N(CC(=O)N2CCCC2)c2ccc3ncc(-c4cnn(C)c4)nc3c2)c1.COc1cc(OC)cc(N(CCCN2CCCC2)c2ccc3ncc(-c4cnn(CCO)c4)nc3c2)c1. The molecule has 1 amide bonds. The lowest BCUT2D eigenvalue weighted by molar-refractivity contribution is -0.128. The predicted octanol–water partition coefficient (Wildman–Crippen LogP) is 12.3. The molecule has 2 saturated heterocycles. The molecule has 8 heterocycles. The fourth-order valence-corrected chi connectivity index (χ4v) is 12.8. The predicted molar refractivity (Wildman–Crippen MR) is 408 cm³/mol. The maximum Gasteiger partial charge on any atom is 0.242 e. The summed E-state index contributed by atoms with van der Waals surface area (Å²) in [7, 11) is 12.0. The van der Waals surface area contributed by atoms with Gasteiger partial charge in [0.2, 0.25) is 5.91 Å². The van der Waals surface area contributed by atoms with Gasteiger partial charge in [0.15, 0.2) is 0 Å². The molecule has 14 rings (SSSR count). The lowest BCUT2D eigenvalue weighted by atomic mass is 10.1. The van der Waals surface area contributed by atoms with Crippen molar-refractivity contribution in [3.05, 3.63) is 165 Å². The fraction of sp³-hybridized carbons (Fsp3) is 0.342. The second-order valence-corrected chi connectivity index (χ2v) is 25.6. The van der Waals surface area contributed by atoms with E-state index in [-0.39, 0.29) is 32.3 Å². The average Bonchev–Trinajstić information content (AvgIpc) is 1.71. The number of likely N-dealkylation sites (tertiary alicyclic amines) is 2. The standard InChI is InChI=1S/C28H34N6O3.C26H28N6O3.C25H29N5O3/c1-36-24-14-23(15-25(17-24)37-2)34(11-5-10-32-8-3-4-9-32)22-6-7-26-27(16-22)31-28(19-29-26)21-18-30-33(20-21)12-13-35;1-30-16-18(14-28-30)25-15-27-23-7-6-19(12-24(23)29-25)32(17-26(33)31-8-4-5-9-31)20-10-21(34-2)13-22(11-20)35-3;1-4-5-8-30(20-11-21(32-3)14-22(12-20)33-10-9-31)19-6-7-23-24(13-19)28-25(16-26-23)18-15-27-29(2)17-18/h6-7,14-20,35H,3-5,8-13H2,1-2H3;6-7,10-16H,4-5,8-9,17H2,1-3H3;6-7,11-17,31H,4-5,8-10H2,1-3H3. The zero-order chi connectivity index (χ0) is 73.2. The Hall–Kier alpha value is -11.5. The Bertz CT molecular complexity index is 4830. The van der Waals surface area contributed by atoms with E-state index in [1.807, 2.05) is 127 Å². The van der Waals surface area contributed by atoms with Crippen molar-refractivity contribution in [3.8, 4) is 68.3 Å². The van der Waals surface area contributed by atoms with Crippen molar-refractivity contribution < 1.29 is 43.4 Å². The molecule has 546 valence electrons. The molecule has 0 bridgehead atoms. The number of unbranched alkanes of at least 4 members (excludes halogenated alkanes) is 1. The number of aryl methyl sites for hydroxylation is 2. The number of amides is 1. The number of carbonyl (C=O) groups excluding carboxylic acids is 1. The van der Waals surface area contributed by atoms with Crippen LogP contribution in [0, 0.1) is 0 Å². The first kappa shape index (κ1) is 73.3. The summed E-state index contributed by atoms with van der Waals surface area (Å²) in [6.07, 6.45) is 24.1. The number of methoxy groups -OCH3 is 5. The summed E-state index contributed by atoms with van der Waals surface area (Å²) in [4.78, 5) is 52.6. The molecule has 2 N–H and O–H groups in total. The molecule has 26 heteroatoms. The minimum Gasteiger partial charge on any atom is -0.497 e. The summed E-state index contributed by atoms with van der Waals surface area (Å²) in [6.45, 7) is 9.75. The van der Waals surface area contributed by atoms with Crippen molar-refractivity contribution in [2.45, 2.75) is 58.4 Å². The van der Waals surface area contributed by atoms with E-state index in [4.69, 9.17) is 48.5 Å². The summed E-state index contributed by atoms with van der Waals surface area (Å²) in [5.74, 6) is 4.23. The van der Waals surface area contributed by atoms with Gasteiger partial charge in [-0.3, -0.25) is 33.8 Å². The van der Waals surface area contributed by atoms with E-state index in [0.29, 0.717) is 29.5 Å². The molecular formula is C79H91N17O9. The van der Waals surface area contributed by atoms with Gasteiger partial charge in [0.1, 0.15) is 47.6 Å². The fourth-order valence-electron chi connectivity index (χ4n) is 12.8. The van der Waals surface area contributed by atoms with Crippen LogP contribution in [0.2, 0.25) is 0 Å². The van der Waals surface area contributed by atoms with Crippen LogP contribution in [0.5, 0.6) is 34.5 Å². The van der Waals surface area contributed by atoms with Gasteiger partial charge in [-0.05, 0) is 113 Å². The molecule has 0 atom stereocenters. The van der Waals surface area contributed by atoms with Crippen molar-refractivity contribution in [1.29, 1.82) is 0 Å². The molecule has 105 heavy (non-hydrogen) atoms. The van der Waals surface area contributed by atoms with Crippen LogP contribution in [0.3, 0.4) is 0 Å². The number of anilines is 6. The number of rotatable bonds is 28. The molecule has 2 aliphatic rings. The number of hydrogen-bond donors (Lipinski definition) is 2. The summed E-state index contributed by atoms with van der Waals surface area (Å²) in [6, 6.07) is 35.5. The van der Waals surface area contributed by atoms with E-state index in [1.54, 1.807) is 86.8 Å². The van der Waals surface area contributed by atoms with E-state index < -0.39 is 0 Å². The highest BCUT2D eigenvalue weighted by Crippen LogP contribution is 2.39. The zero-order valence-electron chi connectivity index (χ0n) is 60.9. The number of aliphatic hydroxyl groups excluding tert-OH is 2. The van der Waals surface area contributed by atoms with Gasteiger partial charge in [-0.1, -0.05) is 13.3 Å². The number of aliphatic hydroxyl groups is 2. The Morgan fingerprint density at radius 1 is 0.438 bits per heavy atom. The summed E-state index contributed by atoms with van der Waals surface area (Å²) < 4.78 is 38.5. The van der Waals surface area contributed by atoms with Crippen LogP contribution >= 0.6 is 0 Å². The Morgan fingerprint density at radius 2 is 0.848 bits per heavy atom. The number of nitrogens with zero attached hydrogens (tertiary/aromatic N) is 17. The maximum absolute atomic E-state index is 13.2. The first-order valence-electron chi connectivity index (χ1n) is 35.5. The number of carbonyl (C=O) groups is 1. The number of hydrogen-bond acceptors (Lipinski definition) is 22. The van der Waals surface area contributed by atoms with Crippen LogP contribution in [0.4, 0.5) is 34.1 Å². The number of benzene rings is 6. The molecule has 6 aromatic carbocycles. The lowest BCUT2D eigenvalue weighted by Gasteiger charge is -2.27. The molecule has 2 aliphatic heterocycles. The first-order valence-corrected chi connectivity index (χ1v) is 35.5. The maximum atomic E-state index is 13.2. The van der Waals surface area contributed by atoms with Crippen LogP contribution in [0.1, 0.15) is 51.9 Å². The quantitative estimate of drug-likeness (QED) is 0.0462. The van der Waals surface area contributed by atoms with Crippen molar-refractivity contribution in [2.75, 3.05) is 122 Å². The molecule has 0 radical (unpaired) electrons. The van der Waals surface area contributed by atoms with E-state index in [0.717, 1.165) is 177 Å². The molecule has 12 aromatic rings. The number of ether oxygens (including phenoxy) is 6. The van der Waals surface area contributed by atoms with Gasteiger partial charge in [0.25, 0.3) is 0 Å². The van der Waals surface area contributed by atoms with Crippen LogP contribution < -0.4 is 43.1 Å². The highest BCUT2D eigenvalue weighted by Gasteiger charge is 2.25. The molecule has 0 unspecified atom stereocenters. The third-order valence-electron chi connectivity index (χ3n) is 18.4. The molecule has 2 fully saturated rings. The third kappa shape index (κ3) is 18.5. The van der Waals surface area contributed by atoms with Gasteiger partial charge in [-0.15, -0.1) is 0 Å². The van der Waals surface area contributed by atoms with E-state index in [2.05, 4.69) is 76.1 Å². The van der Waals surface area contributed by atoms with Gasteiger partial charge in [-0.2, -0.15) is 15.3 Å². The highest BCUT2D eigenvalue weighted by molar-refractivity contribution is 5.89. The van der Waals surface area contributed by atoms with Gasteiger partial charge in [0.05, 0.1) is 143 Å². The van der Waals surface area contributed by atoms with Crippen molar-refractivity contribution in [1.82, 2.24) is 69.0 Å². The van der Waals surface area contributed by atoms with Crippen LogP contribution in [0.15, 0.2) is 165 Å². The van der Waals surface area contributed by atoms with Crippen molar-refractivity contribution in [2.24, 2.45) is 14.1 Å². The molecule has 26 nitrogen and oxygen atoms in total. The molecule has 6 aromatic heterocycles. The molecule has 0 saturated carbocycles. The Morgan fingerprint density at radius 3 is 1.28 bits per heavy atom. The van der Waals surface area contributed by atoms with E-state index in [1.165, 1.54) is 25.9 Å². The number of aromatic nitrogens is 12. The zero-order valence-corrected chi connectivity index (χ0v) is 60.9. The highest BCUT2D eigenvalue weighted by atomic mass is 16.5. The second kappa shape index (κ2) is 35.1. The normalized spacial score (nSPS) is 12.8. The Balaban J connectivity index is 0.000000148. The van der Waals surface area contributed by atoms with Gasteiger partial charge < -0.3 is 63.1 Å². The second-order valence-electron chi connectivity index (χ2n) is 25.6. The van der Waals surface area contributed by atoms with Gasteiger partial charge in [-0.25, -0.2) is 15.0 Å². The topological polar surface area (TPSA) is 260 Å². The van der Waals surface area contributed by atoms with Crippen molar-refractivity contribution in [3.63, 3.8) is 0 Å². The van der Waals surface area contributed by atoms with Gasteiger partial charge in [0, 0.05) is 164 Å². The first-order chi connectivity index (χ1) is 51.3. The number of fused-ring (bicyclic) bond motifs is 3. The van der Waals surface area contributed by atoms with E-state index >= 15 is 0 Å². The van der Waals surface area contributed by atoms with Crippen LogP contribution in [0.25, 0.3) is 66.9 Å². The van der Waals surface area contributed by atoms with Crippen molar-refractivity contribution >= 4 is 73.1 Å². The third-order valence-corrected chi connectivity index (χ3v) is 18.4. The molecule has 0 aliphatic carbocycles. The summed E-state index contributed by atoms with van der Waals surface area (Å²) in [5.41, 5.74) is 15.4. The van der Waals surface area contributed by atoms with E-state index in [9.17, 15) is 9.90 Å². The average molecular weight is 1420 g/mol. The van der Waals surface area contributed by atoms with Crippen LogP contribution in [-0.4, -0.2) is 193 Å². The lowest BCUT2D eigenvalue weighted by Crippen LogP contribution is -2.37. The minimum atomic E-state index is -0.0469. The Kier molecular flexibility index (Phi) is 24.5. The molecular weight excluding hydrogens is 1330 g/mol. The van der Waals surface area contributed by atoms with Gasteiger partial charge >= 0.3 is 0 Å². The summed E-state index contributed by atoms with van der Waals surface area (Å²) in [5, 5.41) is 31.1. The minimum absolute atomic E-state index is 0.0382. The molecule has 0 spiro atoms. The Labute approximate surface area is 611 Å². The monoisotopic (exact) mass is 1420 g/mol. The van der Waals surface area contributed by atoms with Crippen LogP contribution in [-0.2, 0) is 25.4 Å². The summed E-state index contributed by atoms with van der Waals surface area (Å²) >= 11 is 0. The smallest absolute Gasteiger partial charge is 0.242 e.